The molecule has 0 saturated heterocycles. The van der Waals surface area contributed by atoms with Crippen LogP contribution >= 0.6 is 11.6 Å². The molecule has 0 aliphatic heterocycles. The molecular weight excluding hydrogens is 324 g/mol. The molecule has 1 unspecified atom stereocenters. The van der Waals surface area contributed by atoms with Gasteiger partial charge in [-0.15, -0.1) is 11.6 Å². The van der Waals surface area contributed by atoms with Gasteiger partial charge in [0.15, 0.2) is 0 Å². The Morgan fingerprint density at radius 3 is 2.83 bits per heavy atom. The summed E-state index contributed by atoms with van der Waals surface area (Å²) in [4.78, 5) is 0. The van der Waals surface area contributed by atoms with Crippen molar-refractivity contribution in [3.05, 3.63) is 42.0 Å². The summed E-state index contributed by atoms with van der Waals surface area (Å²) in [6, 6.07) is 7.47. The second kappa shape index (κ2) is 9.45. The molecule has 2 rings (SSSR count). The van der Waals surface area contributed by atoms with E-state index in [1.165, 1.54) is 0 Å². The molecule has 0 bridgehead atoms. The van der Waals surface area contributed by atoms with Crippen LogP contribution in [0.4, 0.5) is 0 Å². The van der Waals surface area contributed by atoms with E-state index >= 15 is 0 Å². The average Bonchev–Trinajstić information content (AvgIpc) is 2.83. The van der Waals surface area contributed by atoms with Gasteiger partial charge < -0.3 is 14.9 Å². The summed E-state index contributed by atoms with van der Waals surface area (Å²) in [5, 5.41) is 20.0. The fraction of sp³-hybridized carbons (Fsp3) is 0.600. The zero-order chi connectivity index (χ0) is 17.5. The molecule has 1 aromatic carbocycles. The Kier molecular flexibility index (Phi) is 7.60. The number of unbranched alkanes of at least 4 members (excludes halogenated alkanes) is 1. The third-order valence-electron chi connectivity index (χ3n) is 4.79. The maximum atomic E-state index is 10.3. The largest absolute Gasteiger partial charge is 0.493 e. The smallest absolute Gasteiger partial charge is 0.119 e. The monoisotopic (exact) mass is 352 g/mol. The van der Waals surface area contributed by atoms with E-state index in [-0.39, 0.29) is 17.2 Å². The first-order valence-electron chi connectivity index (χ1n) is 8.90. The van der Waals surface area contributed by atoms with Crippen LogP contribution in [0.1, 0.15) is 51.2 Å². The lowest BCUT2D eigenvalue weighted by Gasteiger charge is -2.23. The lowest BCUT2D eigenvalue weighted by Crippen LogP contribution is -2.27. The van der Waals surface area contributed by atoms with Crippen molar-refractivity contribution >= 4 is 11.6 Å². The number of ether oxygens (including phenoxy) is 1. The van der Waals surface area contributed by atoms with Crippen LogP contribution in [-0.4, -0.2) is 28.3 Å². The van der Waals surface area contributed by atoms with E-state index in [2.05, 4.69) is 19.1 Å². The molecule has 1 saturated carbocycles. The van der Waals surface area contributed by atoms with Crippen molar-refractivity contribution in [3.8, 4) is 5.75 Å². The van der Waals surface area contributed by atoms with Crippen LogP contribution in [-0.2, 0) is 0 Å². The summed E-state index contributed by atoms with van der Waals surface area (Å²) < 4.78 is 5.90. The molecule has 0 radical (unpaired) electrons. The van der Waals surface area contributed by atoms with Gasteiger partial charge in [0.25, 0.3) is 0 Å². The van der Waals surface area contributed by atoms with Crippen LogP contribution < -0.4 is 4.74 Å². The molecule has 1 aliphatic rings. The van der Waals surface area contributed by atoms with Gasteiger partial charge in [-0.3, -0.25) is 0 Å². The molecule has 134 valence electrons. The summed E-state index contributed by atoms with van der Waals surface area (Å²) in [6.07, 6.45) is 7.16. The highest BCUT2D eigenvalue weighted by molar-refractivity contribution is 6.21. The SMILES string of the molecule is CCC/C=C\C[C@@H]1[C@@H](COc2cccc(C(C)O)c2)[C@H](O)C[C@H]1Cl. The van der Waals surface area contributed by atoms with Crippen LogP contribution in [0.2, 0.25) is 0 Å². The van der Waals surface area contributed by atoms with Crippen molar-refractivity contribution in [3.63, 3.8) is 0 Å². The number of hydrogen-bond donors (Lipinski definition) is 2. The predicted octanol–water partition coefficient (Wildman–Crippen LogP) is 4.47. The highest BCUT2D eigenvalue weighted by atomic mass is 35.5. The molecule has 1 aromatic rings. The maximum absolute atomic E-state index is 10.3. The predicted molar refractivity (Wildman–Crippen MR) is 98.5 cm³/mol. The van der Waals surface area contributed by atoms with E-state index < -0.39 is 12.2 Å². The van der Waals surface area contributed by atoms with Gasteiger partial charge in [-0.2, -0.15) is 0 Å². The Hall–Kier alpha value is -1.03. The summed E-state index contributed by atoms with van der Waals surface area (Å²) in [5.41, 5.74) is 0.828. The summed E-state index contributed by atoms with van der Waals surface area (Å²) in [6.45, 7) is 4.34. The number of benzene rings is 1. The fourth-order valence-corrected chi connectivity index (χ4v) is 3.76. The highest BCUT2D eigenvalue weighted by Gasteiger charge is 2.41. The van der Waals surface area contributed by atoms with Gasteiger partial charge in [0.2, 0.25) is 0 Å². The van der Waals surface area contributed by atoms with E-state index in [0.29, 0.717) is 13.0 Å². The van der Waals surface area contributed by atoms with Crippen LogP contribution in [0.3, 0.4) is 0 Å². The molecule has 4 heteroatoms. The first kappa shape index (κ1) is 19.3. The number of hydrogen-bond acceptors (Lipinski definition) is 3. The third kappa shape index (κ3) is 5.23. The lowest BCUT2D eigenvalue weighted by atomic mass is 9.92. The first-order chi connectivity index (χ1) is 11.5. The highest BCUT2D eigenvalue weighted by Crippen LogP contribution is 2.39. The second-order valence-corrected chi connectivity index (χ2v) is 7.26. The minimum absolute atomic E-state index is 0.0105. The van der Waals surface area contributed by atoms with Crippen molar-refractivity contribution in [1.29, 1.82) is 0 Å². The molecule has 0 amide bonds. The summed E-state index contributed by atoms with van der Waals surface area (Å²) in [5.74, 6) is 0.989. The molecule has 1 fully saturated rings. The van der Waals surface area contributed by atoms with E-state index in [1.54, 1.807) is 6.92 Å². The molecule has 24 heavy (non-hydrogen) atoms. The summed E-state index contributed by atoms with van der Waals surface area (Å²) in [7, 11) is 0. The number of alkyl halides is 1. The number of allylic oxidation sites excluding steroid dienone is 2. The van der Waals surface area contributed by atoms with Gasteiger partial charge in [-0.25, -0.2) is 0 Å². The molecule has 0 aromatic heterocycles. The molecule has 5 atom stereocenters. The van der Waals surface area contributed by atoms with Crippen LogP contribution in [0.5, 0.6) is 5.75 Å². The van der Waals surface area contributed by atoms with Crippen LogP contribution in [0.25, 0.3) is 0 Å². The Balaban J connectivity index is 1.96. The van der Waals surface area contributed by atoms with E-state index in [1.807, 2.05) is 24.3 Å². The van der Waals surface area contributed by atoms with Gasteiger partial charge in [-0.1, -0.05) is 37.6 Å². The zero-order valence-electron chi connectivity index (χ0n) is 14.6. The van der Waals surface area contributed by atoms with Crippen molar-refractivity contribution < 1.29 is 14.9 Å². The molecular formula is C20H29ClO3. The molecule has 0 spiro atoms. The number of aliphatic hydroxyl groups is 2. The maximum Gasteiger partial charge on any atom is 0.119 e. The Morgan fingerprint density at radius 1 is 1.33 bits per heavy atom. The Bertz CT molecular complexity index is 529. The quantitative estimate of drug-likeness (QED) is 0.536. The lowest BCUT2D eigenvalue weighted by molar-refractivity contribution is 0.0806. The standard InChI is InChI=1S/C20H29ClO3/c1-3-4-5-6-10-17-18(20(23)12-19(17)21)13-24-16-9-7-8-15(11-16)14(2)22/h5-9,11,14,17-20,22-23H,3-4,10,12-13H2,1-2H3/b6-5-/t14?,17-,18-,19-,20-/m1/s1. The van der Waals surface area contributed by atoms with Crippen molar-refractivity contribution in [1.82, 2.24) is 0 Å². The normalized spacial score (nSPS) is 28.4. The average molecular weight is 353 g/mol. The Morgan fingerprint density at radius 2 is 2.12 bits per heavy atom. The number of halogens is 1. The van der Waals surface area contributed by atoms with Gasteiger partial charge in [-0.05, 0) is 49.8 Å². The minimum Gasteiger partial charge on any atom is -0.493 e. The van der Waals surface area contributed by atoms with Gasteiger partial charge in [0.1, 0.15) is 5.75 Å². The van der Waals surface area contributed by atoms with E-state index in [0.717, 1.165) is 30.6 Å². The van der Waals surface area contributed by atoms with Gasteiger partial charge in [0.05, 0.1) is 18.8 Å². The van der Waals surface area contributed by atoms with Crippen LogP contribution in [0, 0.1) is 11.8 Å². The zero-order valence-corrected chi connectivity index (χ0v) is 15.3. The first-order valence-corrected chi connectivity index (χ1v) is 9.34. The topological polar surface area (TPSA) is 49.7 Å². The Labute approximate surface area is 150 Å². The molecule has 2 N–H and O–H groups in total. The number of rotatable bonds is 8. The molecule has 1 aliphatic carbocycles. The fourth-order valence-electron chi connectivity index (χ4n) is 3.29. The minimum atomic E-state index is -0.519. The van der Waals surface area contributed by atoms with Crippen molar-refractivity contribution in [2.45, 2.75) is 57.1 Å². The molecule has 0 heterocycles. The van der Waals surface area contributed by atoms with E-state index in [4.69, 9.17) is 16.3 Å². The summed E-state index contributed by atoms with van der Waals surface area (Å²) >= 11 is 6.45. The van der Waals surface area contributed by atoms with Crippen molar-refractivity contribution in [2.75, 3.05) is 6.61 Å². The number of aliphatic hydroxyl groups excluding tert-OH is 2. The van der Waals surface area contributed by atoms with Crippen LogP contribution in [0.15, 0.2) is 36.4 Å². The van der Waals surface area contributed by atoms with Gasteiger partial charge >= 0.3 is 0 Å². The third-order valence-corrected chi connectivity index (χ3v) is 5.29. The van der Waals surface area contributed by atoms with Crippen molar-refractivity contribution in [2.24, 2.45) is 11.8 Å². The van der Waals surface area contributed by atoms with Gasteiger partial charge in [0, 0.05) is 11.3 Å². The molecule has 3 nitrogen and oxygen atoms in total. The second-order valence-electron chi connectivity index (χ2n) is 6.70. The van der Waals surface area contributed by atoms with E-state index in [9.17, 15) is 10.2 Å².